The van der Waals surface area contributed by atoms with E-state index >= 15 is 0 Å². The van der Waals surface area contributed by atoms with E-state index in [9.17, 15) is 13.2 Å². The summed E-state index contributed by atoms with van der Waals surface area (Å²) in [5, 5.41) is -0.356. The number of carbonyl (C=O) groups is 1. The van der Waals surface area contributed by atoms with Crippen LogP contribution in [0.3, 0.4) is 0 Å². The van der Waals surface area contributed by atoms with E-state index in [0.29, 0.717) is 29.8 Å². The molecule has 21 heavy (non-hydrogen) atoms. The predicted octanol–water partition coefficient (Wildman–Crippen LogP) is 2.21. The molecule has 0 spiro atoms. The molecule has 2 unspecified atom stereocenters. The van der Waals surface area contributed by atoms with Crippen LogP contribution in [0.4, 0.5) is 5.69 Å². The zero-order chi connectivity index (χ0) is 15.6. The van der Waals surface area contributed by atoms with Crippen molar-refractivity contribution < 1.29 is 17.9 Å². The van der Waals surface area contributed by atoms with Gasteiger partial charge in [-0.2, -0.15) is 0 Å². The van der Waals surface area contributed by atoms with Crippen LogP contribution < -0.4 is 10.5 Å². The van der Waals surface area contributed by atoms with Gasteiger partial charge in [0.15, 0.2) is 5.78 Å². The van der Waals surface area contributed by atoms with Crippen molar-refractivity contribution in [1.29, 1.82) is 0 Å². The van der Waals surface area contributed by atoms with Crippen molar-refractivity contribution in [3.8, 4) is 5.75 Å². The quantitative estimate of drug-likeness (QED) is 0.680. The number of hydrogen-bond donors (Lipinski definition) is 1. The van der Waals surface area contributed by atoms with Crippen LogP contribution in [0.2, 0.25) is 0 Å². The van der Waals surface area contributed by atoms with E-state index < -0.39 is 9.84 Å². The number of carbonyl (C=O) groups excluding carboxylic acids is 1. The molecule has 2 rings (SSSR count). The average molecular weight is 311 g/mol. The van der Waals surface area contributed by atoms with E-state index in [1.807, 2.05) is 0 Å². The van der Waals surface area contributed by atoms with Gasteiger partial charge in [0.2, 0.25) is 0 Å². The summed E-state index contributed by atoms with van der Waals surface area (Å²) in [5.41, 5.74) is 6.64. The van der Waals surface area contributed by atoms with E-state index in [-0.39, 0.29) is 17.1 Å². The minimum Gasteiger partial charge on any atom is -0.490 e. The SMILES string of the molecule is CC(=O)c1cc(N)ccc1OC1CCCC(S(C)(=O)=O)C1. The third-order valence-electron chi connectivity index (χ3n) is 3.86. The third-order valence-corrected chi connectivity index (χ3v) is 5.50. The fourth-order valence-corrected chi connectivity index (χ4v) is 3.86. The van der Waals surface area contributed by atoms with Gasteiger partial charge in [0, 0.05) is 18.4 Å². The zero-order valence-electron chi connectivity index (χ0n) is 12.3. The number of anilines is 1. The lowest BCUT2D eigenvalue weighted by Gasteiger charge is -2.29. The van der Waals surface area contributed by atoms with Crippen LogP contribution in [-0.4, -0.2) is 31.8 Å². The topological polar surface area (TPSA) is 86.5 Å². The summed E-state index contributed by atoms with van der Waals surface area (Å²) < 4.78 is 29.2. The zero-order valence-corrected chi connectivity index (χ0v) is 13.2. The molecule has 0 aliphatic heterocycles. The standard InChI is InChI=1S/C15H21NO4S/c1-10(17)14-8-11(16)6-7-15(14)20-12-4-3-5-13(9-12)21(2,18)19/h6-8,12-13H,3-5,9,16H2,1-2H3. The largest absolute Gasteiger partial charge is 0.490 e. The van der Waals surface area contributed by atoms with E-state index in [2.05, 4.69) is 0 Å². The number of ether oxygens (including phenoxy) is 1. The maximum atomic E-state index is 11.7. The lowest BCUT2D eigenvalue weighted by atomic mass is 9.97. The normalized spacial score (nSPS) is 22.8. The molecule has 0 bridgehead atoms. The molecular weight excluding hydrogens is 290 g/mol. The van der Waals surface area contributed by atoms with E-state index in [4.69, 9.17) is 10.5 Å². The molecular formula is C15H21NO4S. The minimum absolute atomic E-state index is 0.118. The molecule has 1 aromatic rings. The van der Waals surface area contributed by atoms with Gasteiger partial charge in [-0.3, -0.25) is 4.79 Å². The van der Waals surface area contributed by atoms with Crippen molar-refractivity contribution in [2.24, 2.45) is 0 Å². The molecule has 0 saturated heterocycles. The number of nitrogens with two attached hydrogens (primary N) is 1. The van der Waals surface area contributed by atoms with Crippen molar-refractivity contribution in [3.05, 3.63) is 23.8 Å². The highest BCUT2D eigenvalue weighted by Gasteiger charge is 2.30. The second-order valence-corrected chi connectivity index (χ2v) is 8.00. The molecule has 1 aliphatic rings. The first kappa shape index (κ1) is 15.8. The number of nitrogen functional groups attached to an aromatic ring is 1. The molecule has 6 heteroatoms. The van der Waals surface area contributed by atoms with Gasteiger partial charge in [-0.25, -0.2) is 8.42 Å². The first-order valence-corrected chi connectivity index (χ1v) is 8.99. The van der Waals surface area contributed by atoms with Crippen LogP contribution in [0.25, 0.3) is 0 Å². The number of hydrogen-bond acceptors (Lipinski definition) is 5. The number of benzene rings is 1. The van der Waals surface area contributed by atoms with Crippen molar-refractivity contribution in [1.82, 2.24) is 0 Å². The van der Waals surface area contributed by atoms with Gasteiger partial charge < -0.3 is 10.5 Å². The molecule has 116 valence electrons. The Morgan fingerprint density at radius 3 is 2.67 bits per heavy atom. The fourth-order valence-electron chi connectivity index (χ4n) is 2.70. The van der Waals surface area contributed by atoms with Crippen molar-refractivity contribution >= 4 is 21.3 Å². The van der Waals surface area contributed by atoms with Crippen LogP contribution in [0.1, 0.15) is 43.0 Å². The highest BCUT2D eigenvalue weighted by molar-refractivity contribution is 7.91. The Bertz CT molecular complexity index is 639. The number of ketones is 1. The van der Waals surface area contributed by atoms with Crippen LogP contribution in [0, 0.1) is 0 Å². The Balaban J connectivity index is 2.17. The lowest BCUT2D eigenvalue weighted by molar-refractivity contribution is 0.100. The molecule has 2 N–H and O–H groups in total. The van der Waals surface area contributed by atoms with E-state index in [1.54, 1.807) is 18.2 Å². The fraction of sp³-hybridized carbons (Fsp3) is 0.533. The van der Waals surface area contributed by atoms with Crippen molar-refractivity contribution in [2.45, 2.75) is 44.0 Å². The number of sulfone groups is 1. The maximum absolute atomic E-state index is 11.7. The van der Waals surface area contributed by atoms with E-state index in [0.717, 1.165) is 12.8 Å². The van der Waals surface area contributed by atoms with Gasteiger partial charge in [-0.1, -0.05) is 0 Å². The summed E-state index contributed by atoms with van der Waals surface area (Å²) in [6.07, 6.45) is 3.85. The van der Waals surface area contributed by atoms with Gasteiger partial charge >= 0.3 is 0 Å². The van der Waals surface area contributed by atoms with Crippen LogP contribution in [0.15, 0.2) is 18.2 Å². The minimum atomic E-state index is -3.05. The summed E-state index contributed by atoms with van der Waals surface area (Å²) in [5.74, 6) is 0.364. The van der Waals surface area contributed by atoms with Crippen LogP contribution in [0.5, 0.6) is 5.75 Å². The van der Waals surface area contributed by atoms with Gasteiger partial charge in [0.1, 0.15) is 15.6 Å². The highest BCUT2D eigenvalue weighted by Crippen LogP contribution is 2.30. The molecule has 1 saturated carbocycles. The Labute approximate surface area is 125 Å². The van der Waals surface area contributed by atoms with E-state index in [1.165, 1.54) is 13.2 Å². The molecule has 0 amide bonds. The molecule has 0 radical (unpaired) electrons. The van der Waals surface area contributed by atoms with Gasteiger partial charge in [0.25, 0.3) is 0 Å². The molecule has 0 heterocycles. The van der Waals surface area contributed by atoms with Crippen molar-refractivity contribution in [2.75, 3.05) is 12.0 Å². The molecule has 2 atom stereocenters. The molecule has 1 aliphatic carbocycles. The van der Waals surface area contributed by atoms with Crippen LogP contribution >= 0.6 is 0 Å². The molecule has 1 fully saturated rings. The Kier molecular flexibility index (Phi) is 4.56. The van der Waals surface area contributed by atoms with Crippen LogP contribution in [-0.2, 0) is 9.84 Å². The summed E-state index contributed by atoms with van der Waals surface area (Å²) in [4.78, 5) is 11.7. The summed E-state index contributed by atoms with van der Waals surface area (Å²) in [6.45, 7) is 1.46. The monoisotopic (exact) mass is 311 g/mol. The summed E-state index contributed by atoms with van der Waals surface area (Å²) >= 11 is 0. The third kappa shape index (κ3) is 3.97. The van der Waals surface area contributed by atoms with Gasteiger partial charge in [-0.05, 0) is 44.4 Å². The average Bonchev–Trinajstić information content (AvgIpc) is 2.40. The predicted molar refractivity (Wildman–Crippen MR) is 82.4 cm³/mol. The molecule has 5 nitrogen and oxygen atoms in total. The summed E-state index contributed by atoms with van der Waals surface area (Å²) in [7, 11) is -3.05. The highest BCUT2D eigenvalue weighted by atomic mass is 32.2. The maximum Gasteiger partial charge on any atom is 0.163 e. The first-order chi connectivity index (χ1) is 9.77. The smallest absolute Gasteiger partial charge is 0.163 e. The Morgan fingerprint density at radius 1 is 1.33 bits per heavy atom. The molecule has 0 aromatic heterocycles. The van der Waals surface area contributed by atoms with Gasteiger partial charge in [0.05, 0.1) is 16.9 Å². The Hall–Kier alpha value is -1.56. The van der Waals surface area contributed by atoms with Gasteiger partial charge in [-0.15, -0.1) is 0 Å². The first-order valence-electron chi connectivity index (χ1n) is 7.03. The number of Topliss-reactive ketones (excluding diaryl/α,β-unsaturated/α-hetero) is 1. The number of rotatable bonds is 4. The second kappa shape index (κ2) is 6.05. The Morgan fingerprint density at radius 2 is 2.05 bits per heavy atom. The summed E-state index contributed by atoms with van der Waals surface area (Å²) in [6, 6.07) is 4.95. The molecule has 1 aromatic carbocycles. The second-order valence-electron chi connectivity index (χ2n) is 5.67. The lowest BCUT2D eigenvalue weighted by Crippen LogP contribution is -2.33. The van der Waals surface area contributed by atoms with Crippen molar-refractivity contribution in [3.63, 3.8) is 0 Å².